The van der Waals surface area contributed by atoms with E-state index in [1.54, 1.807) is 18.2 Å². The van der Waals surface area contributed by atoms with Gasteiger partial charge in [0.05, 0.1) is 11.2 Å². The molecule has 18 heavy (non-hydrogen) atoms. The highest BCUT2D eigenvalue weighted by Gasteiger charge is 2.36. The Morgan fingerprint density at radius 1 is 1.39 bits per heavy atom. The van der Waals surface area contributed by atoms with E-state index in [2.05, 4.69) is 0 Å². The van der Waals surface area contributed by atoms with Crippen molar-refractivity contribution in [3.8, 4) is 0 Å². The van der Waals surface area contributed by atoms with E-state index in [4.69, 9.17) is 0 Å². The number of rotatable bonds is 3. The zero-order valence-corrected chi connectivity index (χ0v) is 10.4. The summed E-state index contributed by atoms with van der Waals surface area (Å²) in [5, 5.41) is 10.4. The Balaban J connectivity index is 2.23. The lowest BCUT2D eigenvalue weighted by Gasteiger charge is -2.12. The van der Waals surface area contributed by atoms with Crippen molar-refractivity contribution < 1.29 is 19.5 Å². The van der Waals surface area contributed by atoms with Crippen molar-refractivity contribution in [3.63, 3.8) is 0 Å². The average Bonchev–Trinajstić information content (AvgIpc) is 2.57. The highest BCUT2D eigenvalue weighted by atomic mass is 32.2. The number of hydrogen-bond acceptors (Lipinski definition) is 5. The third kappa shape index (κ3) is 2.24. The number of thioether (sulfide) groups is 1. The van der Waals surface area contributed by atoms with Gasteiger partial charge < -0.3 is 9.90 Å². The maximum atomic E-state index is 11.7. The van der Waals surface area contributed by atoms with Crippen LogP contribution < -0.4 is 5.11 Å². The van der Waals surface area contributed by atoms with Crippen LogP contribution in [0.25, 0.3) is 0 Å². The highest BCUT2D eigenvalue weighted by Crippen LogP contribution is 2.32. The van der Waals surface area contributed by atoms with E-state index in [1.165, 1.54) is 13.1 Å². The lowest BCUT2D eigenvalue weighted by molar-refractivity contribution is -0.255. The van der Waals surface area contributed by atoms with Crippen LogP contribution in [0.2, 0.25) is 0 Å². The molecule has 0 unspecified atom stereocenters. The molecule has 1 aliphatic heterocycles. The number of carboxylic acids is 1. The number of carboxylic acid groups (broad SMARTS) is 1. The van der Waals surface area contributed by atoms with Gasteiger partial charge in [0.15, 0.2) is 0 Å². The zero-order valence-electron chi connectivity index (χ0n) is 9.58. The molecule has 0 saturated carbocycles. The van der Waals surface area contributed by atoms with Crippen LogP contribution >= 0.6 is 11.8 Å². The number of amides is 2. The number of aromatic carboxylic acids is 1. The van der Waals surface area contributed by atoms with Gasteiger partial charge in [0.1, 0.15) is 0 Å². The van der Waals surface area contributed by atoms with Gasteiger partial charge in [-0.3, -0.25) is 14.5 Å². The number of carbonyl (C=O) groups excluding carboxylic acids is 3. The van der Waals surface area contributed by atoms with E-state index in [9.17, 15) is 19.5 Å². The minimum absolute atomic E-state index is 0.0392. The fraction of sp³-hybridized carbons (Fsp3) is 0.250. The van der Waals surface area contributed by atoms with Gasteiger partial charge in [-0.15, -0.1) is 11.8 Å². The molecule has 5 nitrogen and oxygen atoms in total. The molecule has 1 aliphatic rings. The molecule has 1 aromatic carbocycles. The number of nitrogens with zero attached hydrogens (tertiary/aromatic N) is 1. The van der Waals surface area contributed by atoms with Gasteiger partial charge in [0.25, 0.3) is 0 Å². The molecule has 0 N–H and O–H groups in total. The highest BCUT2D eigenvalue weighted by molar-refractivity contribution is 8.00. The van der Waals surface area contributed by atoms with Crippen LogP contribution in [0.1, 0.15) is 16.8 Å². The number of imide groups is 1. The summed E-state index contributed by atoms with van der Waals surface area (Å²) < 4.78 is 0. The summed E-state index contributed by atoms with van der Waals surface area (Å²) in [6.45, 7) is 0. The molecule has 0 aromatic heterocycles. The molecule has 1 fully saturated rings. The van der Waals surface area contributed by atoms with Crippen LogP contribution in [0, 0.1) is 0 Å². The fourth-order valence-corrected chi connectivity index (χ4v) is 2.93. The topological polar surface area (TPSA) is 77.5 Å². The Bertz CT molecular complexity index is 529. The van der Waals surface area contributed by atoms with Crippen molar-refractivity contribution in [1.29, 1.82) is 0 Å². The minimum Gasteiger partial charge on any atom is -0.545 e. The summed E-state index contributed by atoms with van der Waals surface area (Å²) in [5.41, 5.74) is 0.0392. The summed E-state index contributed by atoms with van der Waals surface area (Å²) >= 11 is 1.09. The minimum atomic E-state index is -1.29. The number of likely N-dealkylation sites (tertiary alicyclic amines) is 1. The van der Waals surface area contributed by atoms with Crippen molar-refractivity contribution in [1.82, 2.24) is 4.90 Å². The van der Waals surface area contributed by atoms with Crippen molar-refractivity contribution in [2.45, 2.75) is 16.6 Å². The Hall–Kier alpha value is -1.82. The standard InChI is InChI=1S/C12H11NO4S/c1-13-10(14)6-9(11(13)15)18-8-5-3-2-4-7(8)12(16)17/h2-5,9H,6H2,1H3,(H,16,17)/p-1/t9-/m1/s1. The van der Waals surface area contributed by atoms with Gasteiger partial charge in [-0.05, 0) is 6.07 Å². The molecule has 0 spiro atoms. The van der Waals surface area contributed by atoms with Gasteiger partial charge in [-0.2, -0.15) is 0 Å². The molecule has 0 radical (unpaired) electrons. The maximum absolute atomic E-state index is 11.7. The molecule has 1 aromatic rings. The quantitative estimate of drug-likeness (QED) is 0.712. The second kappa shape index (κ2) is 4.81. The Labute approximate surface area is 108 Å². The van der Waals surface area contributed by atoms with E-state index in [0.29, 0.717) is 4.90 Å². The van der Waals surface area contributed by atoms with Gasteiger partial charge in [0, 0.05) is 23.9 Å². The van der Waals surface area contributed by atoms with E-state index >= 15 is 0 Å². The second-order valence-corrected chi connectivity index (χ2v) is 5.13. The first-order valence-corrected chi connectivity index (χ1v) is 6.16. The zero-order chi connectivity index (χ0) is 13.3. The summed E-state index contributed by atoms with van der Waals surface area (Å²) in [6, 6.07) is 6.29. The van der Waals surface area contributed by atoms with Gasteiger partial charge >= 0.3 is 0 Å². The molecular weight excluding hydrogens is 254 g/mol. The van der Waals surface area contributed by atoms with Gasteiger partial charge in [-0.25, -0.2) is 0 Å². The molecule has 1 atom stereocenters. The average molecular weight is 264 g/mol. The van der Waals surface area contributed by atoms with Crippen LogP contribution in [0.4, 0.5) is 0 Å². The lowest BCUT2D eigenvalue weighted by Crippen LogP contribution is -2.27. The maximum Gasteiger partial charge on any atom is 0.242 e. The van der Waals surface area contributed by atoms with Crippen molar-refractivity contribution >= 4 is 29.5 Å². The fourth-order valence-electron chi connectivity index (χ4n) is 1.71. The van der Waals surface area contributed by atoms with Crippen molar-refractivity contribution in [2.24, 2.45) is 0 Å². The second-order valence-electron chi connectivity index (χ2n) is 3.89. The molecule has 0 aliphatic carbocycles. The summed E-state index contributed by atoms with van der Waals surface area (Å²) in [5.74, 6) is -1.83. The molecule has 2 amide bonds. The smallest absolute Gasteiger partial charge is 0.242 e. The van der Waals surface area contributed by atoms with Crippen LogP contribution in [0.3, 0.4) is 0 Å². The Kier molecular flexibility index (Phi) is 3.38. The predicted octanol–water partition coefficient (Wildman–Crippen LogP) is -0.101. The van der Waals surface area contributed by atoms with E-state index in [0.717, 1.165) is 16.7 Å². The SMILES string of the molecule is CN1C(=O)C[C@@H](Sc2ccccc2C(=O)[O-])C1=O. The summed E-state index contributed by atoms with van der Waals surface area (Å²) in [6.07, 6.45) is 0.0986. The molecule has 1 saturated heterocycles. The predicted molar refractivity (Wildman–Crippen MR) is 62.8 cm³/mol. The van der Waals surface area contributed by atoms with E-state index in [-0.39, 0.29) is 23.8 Å². The largest absolute Gasteiger partial charge is 0.545 e. The van der Waals surface area contributed by atoms with Crippen LogP contribution in [-0.4, -0.2) is 35.0 Å². The third-order valence-corrected chi connectivity index (χ3v) is 3.98. The Morgan fingerprint density at radius 3 is 2.61 bits per heavy atom. The Morgan fingerprint density at radius 2 is 2.06 bits per heavy atom. The number of benzene rings is 1. The molecule has 0 bridgehead atoms. The van der Waals surface area contributed by atoms with E-state index in [1.807, 2.05) is 0 Å². The lowest BCUT2D eigenvalue weighted by atomic mass is 10.2. The van der Waals surface area contributed by atoms with Crippen LogP contribution in [0.15, 0.2) is 29.2 Å². The number of carbonyl (C=O) groups is 3. The first-order chi connectivity index (χ1) is 8.50. The van der Waals surface area contributed by atoms with Crippen molar-refractivity contribution in [3.05, 3.63) is 29.8 Å². The van der Waals surface area contributed by atoms with E-state index < -0.39 is 11.2 Å². The number of hydrogen-bond donors (Lipinski definition) is 0. The summed E-state index contributed by atoms with van der Waals surface area (Å²) in [4.78, 5) is 35.5. The van der Waals surface area contributed by atoms with Crippen LogP contribution in [0.5, 0.6) is 0 Å². The molecule has 94 valence electrons. The monoisotopic (exact) mass is 264 g/mol. The van der Waals surface area contributed by atoms with Crippen LogP contribution in [-0.2, 0) is 9.59 Å². The normalized spacial score (nSPS) is 19.4. The molecule has 6 heteroatoms. The third-order valence-electron chi connectivity index (χ3n) is 2.72. The molecular formula is C12H10NO4S-. The summed E-state index contributed by atoms with van der Waals surface area (Å²) in [7, 11) is 1.43. The van der Waals surface area contributed by atoms with Gasteiger partial charge in [-0.1, -0.05) is 18.2 Å². The van der Waals surface area contributed by atoms with Crippen molar-refractivity contribution in [2.75, 3.05) is 7.05 Å². The first kappa shape index (κ1) is 12.6. The molecule has 2 rings (SSSR count). The first-order valence-electron chi connectivity index (χ1n) is 5.28. The molecule has 1 heterocycles. The van der Waals surface area contributed by atoms with Gasteiger partial charge in [0.2, 0.25) is 11.8 Å².